The fraction of sp³-hybridized carbons (Fsp3) is 0.154. The molecule has 0 saturated carbocycles. The highest BCUT2D eigenvalue weighted by Gasteiger charge is 2.11. The molecule has 0 bridgehead atoms. The number of benzene rings is 1. The number of rotatable bonds is 2. The number of hydrogen-bond donors (Lipinski definition) is 0. The molecular formula is C13H12N2O3. The first kappa shape index (κ1) is 12.0. The molecule has 0 aliphatic heterocycles. The molecule has 18 heavy (non-hydrogen) atoms. The van der Waals surface area contributed by atoms with Gasteiger partial charge in [0.25, 0.3) is 0 Å². The van der Waals surface area contributed by atoms with Crippen LogP contribution in [0.25, 0.3) is 17.0 Å². The highest BCUT2D eigenvalue weighted by molar-refractivity contribution is 5.96. The summed E-state index contributed by atoms with van der Waals surface area (Å²) in [5, 5.41) is 11.5. The smallest absolute Gasteiger partial charge is 0.243 e. The van der Waals surface area contributed by atoms with Crippen molar-refractivity contribution in [2.45, 2.75) is 13.8 Å². The maximum atomic E-state index is 11.5. The summed E-state index contributed by atoms with van der Waals surface area (Å²) in [7, 11) is 0. The normalized spacial score (nSPS) is 11.8. The van der Waals surface area contributed by atoms with Gasteiger partial charge in [-0.15, -0.1) is 0 Å². The Hall–Kier alpha value is -2.43. The van der Waals surface area contributed by atoms with E-state index in [1.54, 1.807) is 6.20 Å². The summed E-state index contributed by atoms with van der Waals surface area (Å²) < 4.78 is 1.49. The molecule has 5 heteroatoms. The van der Waals surface area contributed by atoms with Crippen molar-refractivity contribution in [3.8, 4) is 0 Å². The standard InChI is InChI=1S/C13H12N2O3/c1-9(15(17)18)7-11-8-14(10(2)16)13-6-4-3-5-12(11)13/h3-8H,1-2H3/b9-7-. The fourth-order valence-corrected chi connectivity index (χ4v) is 1.86. The van der Waals surface area contributed by atoms with E-state index < -0.39 is 4.92 Å². The Bertz CT molecular complexity index is 668. The molecule has 0 atom stereocenters. The van der Waals surface area contributed by atoms with Crippen LogP contribution in [0, 0.1) is 10.1 Å². The van der Waals surface area contributed by atoms with Crippen molar-refractivity contribution < 1.29 is 9.72 Å². The van der Waals surface area contributed by atoms with Gasteiger partial charge in [0.1, 0.15) is 0 Å². The van der Waals surface area contributed by atoms with E-state index in [9.17, 15) is 14.9 Å². The fourth-order valence-electron chi connectivity index (χ4n) is 1.86. The first-order valence-electron chi connectivity index (χ1n) is 5.44. The summed E-state index contributed by atoms with van der Waals surface area (Å²) in [6.45, 7) is 2.89. The second kappa shape index (κ2) is 4.44. The number of para-hydroxylation sites is 1. The number of carbonyl (C=O) groups is 1. The Morgan fingerprint density at radius 1 is 1.33 bits per heavy atom. The van der Waals surface area contributed by atoms with Gasteiger partial charge < -0.3 is 0 Å². The van der Waals surface area contributed by atoms with Crippen LogP contribution >= 0.6 is 0 Å². The summed E-state index contributed by atoms with van der Waals surface area (Å²) in [5.41, 5.74) is 1.48. The molecule has 0 fully saturated rings. The molecule has 0 saturated heterocycles. The maximum absolute atomic E-state index is 11.5. The lowest BCUT2D eigenvalue weighted by molar-refractivity contribution is -0.422. The van der Waals surface area contributed by atoms with Gasteiger partial charge in [-0.25, -0.2) is 0 Å². The zero-order chi connectivity index (χ0) is 13.3. The number of aromatic nitrogens is 1. The second-order valence-electron chi connectivity index (χ2n) is 4.03. The van der Waals surface area contributed by atoms with E-state index in [0.717, 1.165) is 10.9 Å². The maximum Gasteiger partial charge on any atom is 0.243 e. The third-order valence-corrected chi connectivity index (χ3v) is 2.73. The van der Waals surface area contributed by atoms with Crippen molar-refractivity contribution in [2.24, 2.45) is 0 Å². The second-order valence-corrected chi connectivity index (χ2v) is 4.03. The molecule has 0 unspecified atom stereocenters. The lowest BCUT2D eigenvalue weighted by atomic mass is 10.1. The van der Waals surface area contributed by atoms with Crippen LogP contribution in [0.5, 0.6) is 0 Å². The minimum atomic E-state index is -0.445. The molecule has 2 rings (SSSR count). The lowest BCUT2D eigenvalue weighted by Gasteiger charge is -1.96. The zero-order valence-corrected chi connectivity index (χ0v) is 10.1. The van der Waals surface area contributed by atoms with Crippen LogP contribution in [0.3, 0.4) is 0 Å². The van der Waals surface area contributed by atoms with Crippen molar-refractivity contribution in [3.05, 3.63) is 51.8 Å². The third kappa shape index (κ3) is 2.02. The number of carbonyl (C=O) groups excluding carboxylic acids is 1. The van der Waals surface area contributed by atoms with Gasteiger partial charge in [-0.2, -0.15) is 0 Å². The Morgan fingerprint density at radius 2 is 2.00 bits per heavy atom. The molecule has 0 amide bonds. The quantitative estimate of drug-likeness (QED) is 0.602. The lowest BCUT2D eigenvalue weighted by Crippen LogP contribution is -2.02. The summed E-state index contributed by atoms with van der Waals surface area (Å²) in [6.07, 6.45) is 3.10. The SMILES string of the molecule is CC(=O)n1cc(/C=C(/C)[N+](=O)[O-])c2ccccc21. The van der Waals surface area contributed by atoms with Crippen LogP contribution in [-0.2, 0) is 0 Å². The van der Waals surface area contributed by atoms with Crippen molar-refractivity contribution in [2.75, 3.05) is 0 Å². The van der Waals surface area contributed by atoms with Crippen LogP contribution in [-0.4, -0.2) is 15.4 Å². The van der Waals surface area contributed by atoms with Gasteiger partial charge in [-0.1, -0.05) is 18.2 Å². The van der Waals surface area contributed by atoms with Gasteiger partial charge in [0, 0.05) is 37.1 Å². The number of nitrogens with zero attached hydrogens (tertiary/aromatic N) is 2. The van der Waals surface area contributed by atoms with Gasteiger partial charge in [-0.05, 0) is 6.07 Å². The molecule has 0 spiro atoms. The molecule has 5 nitrogen and oxygen atoms in total. The monoisotopic (exact) mass is 244 g/mol. The zero-order valence-electron chi connectivity index (χ0n) is 10.1. The molecular weight excluding hydrogens is 232 g/mol. The summed E-state index contributed by atoms with van der Waals surface area (Å²) >= 11 is 0. The third-order valence-electron chi connectivity index (χ3n) is 2.73. The highest BCUT2D eigenvalue weighted by atomic mass is 16.6. The molecule has 1 heterocycles. The van der Waals surface area contributed by atoms with Gasteiger partial charge in [-0.3, -0.25) is 19.5 Å². The van der Waals surface area contributed by atoms with Gasteiger partial charge in [0.05, 0.1) is 10.4 Å². The van der Waals surface area contributed by atoms with E-state index in [2.05, 4.69) is 0 Å². The predicted octanol–water partition coefficient (Wildman–Crippen LogP) is 2.94. The number of nitro groups is 1. The van der Waals surface area contributed by atoms with E-state index in [-0.39, 0.29) is 11.6 Å². The van der Waals surface area contributed by atoms with Crippen LogP contribution in [0.15, 0.2) is 36.2 Å². The molecule has 0 N–H and O–H groups in total. The molecule has 1 aromatic heterocycles. The molecule has 1 aromatic carbocycles. The molecule has 0 aliphatic carbocycles. The molecule has 92 valence electrons. The summed E-state index contributed by atoms with van der Waals surface area (Å²) in [6, 6.07) is 7.32. The summed E-state index contributed by atoms with van der Waals surface area (Å²) in [4.78, 5) is 21.7. The predicted molar refractivity (Wildman–Crippen MR) is 68.9 cm³/mol. The van der Waals surface area contributed by atoms with Gasteiger partial charge >= 0.3 is 0 Å². The Kier molecular flexibility index (Phi) is 2.97. The van der Waals surface area contributed by atoms with Crippen LogP contribution in [0.2, 0.25) is 0 Å². The van der Waals surface area contributed by atoms with Crippen molar-refractivity contribution in [1.82, 2.24) is 4.57 Å². The van der Waals surface area contributed by atoms with Crippen molar-refractivity contribution in [3.63, 3.8) is 0 Å². The van der Waals surface area contributed by atoms with Crippen molar-refractivity contribution in [1.29, 1.82) is 0 Å². The van der Waals surface area contributed by atoms with Crippen LogP contribution < -0.4 is 0 Å². The molecule has 0 radical (unpaired) electrons. The largest absolute Gasteiger partial charge is 0.287 e. The van der Waals surface area contributed by atoms with Gasteiger partial charge in [0.15, 0.2) is 0 Å². The minimum absolute atomic E-state index is 0.0430. The van der Waals surface area contributed by atoms with Crippen LogP contribution in [0.1, 0.15) is 24.2 Å². The van der Waals surface area contributed by atoms with Gasteiger partial charge in [0.2, 0.25) is 11.6 Å². The van der Waals surface area contributed by atoms with Crippen molar-refractivity contribution >= 4 is 22.9 Å². The summed E-state index contributed by atoms with van der Waals surface area (Å²) in [5.74, 6) is -0.121. The number of fused-ring (bicyclic) bond motifs is 1. The Labute approximate surface area is 103 Å². The average molecular weight is 244 g/mol. The topological polar surface area (TPSA) is 65.1 Å². The van der Waals surface area contributed by atoms with E-state index in [1.165, 1.54) is 24.5 Å². The van der Waals surface area contributed by atoms with Crippen LogP contribution in [0.4, 0.5) is 0 Å². The number of allylic oxidation sites excluding steroid dienone is 1. The Balaban J connectivity index is 2.69. The first-order chi connectivity index (χ1) is 8.50. The van der Waals surface area contributed by atoms with E-state index in [1.807, 2.05) is 24.3 Å². The molecule has 0 aliphatic rings. The van der Waals surface area contributed by atoms with E-state index >= 15 is 0 Å². The highest BCUT2D eigenvalue weighted by Crippen LogP contribution is 2.23. The Morgan fingerprint density at radius 3 is 2.61 bits per heavy atom. The van der Waals surface area contributed by atoms with E-state index in [0.29, 0.717) is 5.56 Å². The average Bonchev–Trinajstić information content (AvgIpc) is 2.68. The minimum Gasteiger partial charge on any atom is -0.287 e. The number of hydrogen-bond acceptors (Lipinski definition) is 3. The first-order valence-corrected chi connectivity index (χ1v) is 5.44. The molecule has 2 aromatic rings. The van der Waals surface area contributed by atoms with E-state index in [4.69, 9.17) is 0 Å².